The number of hydrogen-bond donors (Lipinski definition) is 0. The summed E-state index contributed by atoms with van der Waals surface area (Å²) in [6.45, 7) is 1.64. The van der Waals surface area contributed by atoms with E-state index in [0.29, 0.717) is 5.56 Å². The van der Waals surface area contributed by atoms with E-state index in [0.717, 1.165) is 11.8 Å². The highest BCUT2D eigenvalue weighted by Crippen LogP contribution is 2.23. The van der Waals surface area contributed by atoms with Crippen LogP contribution in [-0.4, -0.2) is 33.5 Å². The van der Waals surface area contributed by atoms with Gasteiger partial charge in [0.2, 0.25) is 0 Å². The molecule has 2 aromatic rings. The Balaban J connectivity index is 2.54. The van der Waals surface area contributed by atoms with Crippen molar-refractivity contribution in [1.82, 2.24) is 0 Å². The molecule has 0 aliphatic carbocycles. The molecule has 0 bridgehead atoms. The van der Waals surface area contributed by atoms with Gasteiger partial charge < -0.3 is 4.74 Å². The molecule has 0 amide bonds. The van der Waals surface area contributed by atoms with Crippen molar-refractivity contribution in [1.29, 1.82) is 0 Å². The highest BCUT2D eigenvalue weighted by molar-refractivity contribution is 7.90. The maximum Gasteiger partial charge on any atom is 0.338 e. The van der Waals surface area contributed by atoms with Gasteiger partial charge in [0.1, 0.15) is 0 Å². The predicted octanol–water partition coefficient (Wildman–Crippen LogP) is 2.61. The van der Waals surface area contributed by atoms with Crippen LogP contribution in [0.15, 0.2) is 47.4 Å². The molecular formula is C18H18O5S. The number of methoxy groups -OCH3 is 1. The Kier molecular flexibility index (Phi) is 5.19. The van der Waals surface area contributed by atoms with E-state index in [-0.39, 0.29) is 28.2 Å². The molecule has 0 spiro atoms. The molecule has 0 heterocycles. The van der Waals surface area contributed by atoms with Gasteiger partial charge in [0.25, 0.3) is 0 Å². The first-order valence-electron chi connectivity index (χ1n) is 7.24. The molecule has 0 unspecified atom stereocenters. The van der Waals surface area contributed by atoms with Crippen molar-refractivity contribution in [2.45, 2.75) is 18.2 Å². The summed E-state index contributed by atoms with van der Waals surface area (Å²) in [4.78, 5) is 24.2. The second-order valence-electron chi connectivity index (χ2n) is 5.51. The molecule has 126 valence electrons. The topological polar surface area (TPSA) is 77.5 Å². The molecular weight excluding hydrogens is 328 g/mol. The molecule has 0 atom stereocenters. The summed E-state index contributed by atoms with van der Waals surface area (Å²) in [5.41, 5.74) is 1.50. The zero-order valence-corrected chi connectivity index (χ0v) is 14.5. The summed E-state index contributed by atoms with van der Waals surface area (Å²) in [6, 6.07) is 11.7. The Bertz CT molecular complexity index is 883. The lowest BCUT2D eigenvalue weighted by atomic mass is 9.98. The summed E-state index contributed by atoms with van der Waals surface area (Å²) in [5.74, 6) is -0.958. The van der Waals surface area contributed by atoms with Crippen molar-refractivity contribution < 1.29 is 22.7 Å². The van der Waals surface area contributed by atoms with Gasteiger partial charge in [0, 0.05) is 18.2 Å². The summed E-state index contributed by atoms with van der Waals surface area (Å²) < 4.78 is 28.8. The second kappa shape index (κ2) is 6.97. The van der Waals surface area contributed by atoms with Crippen LogP contribution >= 0.6 is 0 Å². The maximum absolute atomic E-state index is 12.6. The SMILES string of the molecule is COC(=O)c1cc(S(C)(=O)=O)c(C(=O)Cc2ccccc2)cc1C. The average Bonchev–Trinajstić information content (AvgIpc) is 2.53. The third-order valence-electron chi connectivity index (χ3n) is 3.64. The van der Waals surface area contributed by atoms with E-state index in [4.69, 9.17) is 0 Å². The van der Waals surface area contributed by atoms with E-state index in [1.165, 1.54) is 19.2 Å². The lowest BCUT2D eigenvalue weighted by molar-refractivity contribution is 0.0599. The highest BCUT2D eigenvalue weighted by Gasteiger charge is 2.23. The fourth-order valence-corrected chi connectivity index (χ4v) is 3.32. The van der Waals surface area contributed by atoms with Crippen LogP contribution in [0.4, 0.5) is 0 Å². The van der Waals surface area contributed by atoms with Gasteiger partial charge in [-0.15, -0.1) is 0 Å². The Hall–Kier alpha value is -2.47. The summed E-state index contributed by atoms with van der Waals surface area (Å²) in [7, 11) is -2.46. The van der Waals surface area contributed by atoms with Gasteiger partial charge in [0.05, 0.1) is 17.6 Å². The van der Waals surface area contributed by atoms with Crippen LogP contribution in [0.1, 0.15) is 31.8 Å². The van der Waals surface area contributed by atoms with Crippen molar-refractivity contribution in [3.63, 3.8) is 0 Å². The number of Topliss-reactive ketones (excluding diaryl/α,β-unsaturated/α-hetero) is 1. The van der Waals surface area contributed by atoms with Crippen molar-refractivity contribution in [3.8, 4) is 0 Å². The molecule has 0 aliphatic rings. The number of carbonyl (C=O) groups excluding carboxylic acids is 2. The Morgan fingerprint density at radius 2 is 1.67 bits per heavy atom. The number of ketones is 1. The third kappa shape index (κ3) is 3.89. The third-order valence-corrected chi connectivity index (χ3v) is 4.78. The number of ether oxygens (including phenoxy) is 1. The molecule has 0 radical (unpaired) electrons. The van der Waals surface area contributed by atoms with Crippen molar-refractivity contribution in [2.75, 3.05) is 13.4 Å². The van der Waals surface area contributed by atoms with Gasteiger partial charge in [-0.2, -0.15) is 0 Å². The Morgan fingerprint density at radius 3 is 2.21 bits per heavy atom. The Morgan fingerprint density at radius 1 is 1.04 bits per heavy atom. The zero-order chi connectivity index (χ0) is 17.9. The van der Waals surface area contributed by atoms with E-state index in [1.54, 1.807) is 19.1 Å². The number of hydrogen-bond acceptors (Lipinski definition) is 5. The monoisotopic (exact) mass is 346 g/mol. The van der Waals surface area contributed by atoms with Gasteiger partial charge in [-0.3, -0.25) is 4.79 Å². The van der Waals surface area contributed by atoms with E-state index in [1.807, 2.05) is 18.2 Å². The van der Waals surface area contributed by atoms with Gasteiger partial charge >= 0.3 is 5.97 Å². The van der Waals surface area contributed by atoms with Crippen LogP contribution in [0.25, 0.3) is 0 Å². The van der Waals surface area contributed by atoms with E-state index >= 15 is 0 Å². The number of carbonyl (C=O) groups is 2. The number of benzene rings is 2. The van der Waals surface area contributed by atoms with Gasteiger partial charge in [-0.1, -0.05) is 30.3 Å². The van der Waals surface area contributed by atoms with Gasteiger partial charge in [-0.05, 0) is 30.2 Å². The average molecular weight is 346 g/mol. The predicted molar refractivity (Wildman–Crippen MR) is 90.1 cm³/mol. The first-order chi connectivity index (χ1) is 11.2. The molecule has 0 N–H and O–H groups in total. The van der Waals surface area contributed by atoms with Gasteiger partial charge in [0.15, 0.2) is 15.6 Å². The van der Waals surface area contributed by atoms with Crippen LogP contribution in [-0.2, 0) is 21.0 Å². The molecule has 0 saturated heterocycles. The molecule has 0 saturated carbocycles. The number of esters is 1. The van der Waals surface area contributed by atoms with Gasteiger partial charge in [-0.25, -0.2) is 13.2 Å². The van der Waals surface area contributed by atoms with Crippen molar-refractivity contribution in [3.05, 3.63) is 64.7 Å². The summed E-state index contributed by atoms with van der Waals surface area (Å²) >= 11 is 0. The molecule has 5 nitrogen and oxygen atoms in total. The lowest BCUT2D eigenvalue weighted by Gasteiger charge is -2.12. The first kappa shape index (κ1) is 17.9. The van der Waals surface area contributed by atoms with Crippen LogP contribution < -0.4 is 0 Å². The quantitative estimate of drug-likeness (QED) is 0.614. The van der Waals surface area contributed by atoms with Crippen molar-refractivity contribution in [2.24, 2.45) is 0 Å². The fraction of sp³-hybridized carbons (Fsp3) is 0.222. The molecule has 2 rings (SSSR count). The molecule has 0 aliphatic heterocycles. The largest absolute Gasteiger partial charge is 0.465 e. The van der Waals surface area contributed by atoms with Crippen LogP contribution in [0.3, 0.4) is 0 Å². The molecule has 2 aromatic carbocycles. The lowest BCUT2D eigenvalue weighted by Crippen LogP contribution is -2.14. The molecule has 24 heavy (non-hydrogen) atoms. The molecule has 0 fully saturated rings. The number of aryl methyl sites for hydroxylation is 1. The Labute approximate surface area is 141 Å². The minimum absolute atomic E-state index is 0.0837. The number of sulfone groups is 1. The zero-order valence-electron chi connectivity index (χ0n) is 13.7. The highest BCUT2D eigenvalue weighted by atomic mass is 32.2. The van der Waals surface area contributed by atoms with Crippen LogP contribution in [0, 0.1) is 6.92 Å². The minimum Gasteiger partial charge on any atom is -0.465 e. The van der Waals surface area contributed by atoms with Crippen LogP contribution in [0.5, 0.6) is 0 Å². The van der Waals surface area contributed by atoms with E-state index in [2.05, 4.69) is 4.74 Å². The second-order valence-corrected chi connectivity index (χ2v) is 7.50. The molecule has 6 heteroatoms. The van der Waals surface area contributed by atoms with E-state index < -0.39 is 15.8 Å². The summed E-state index contributed by atoms with van der Waals surface area (Å²) in [6.07, 6.45) is 1.10. The normalized spacial score (nSPS) is 11.1. The fourth-order valence-electron chi connectivity index (χ4n) is 2.42. The minimum atomic E-state index is -3.68. The smallest absolute Gasteiger partial charge is 0.338 e. The number of rotatable bonds is 5. The summed E-state index contributed by atoms with van der Waals surface area (Å²) in [5, 5.41) is 0. The molecule has 0 aromatic heterocycles. The first-order valence-corrected chi connectivity index (χ1v) is 9.13. The van der Waals surface area contributed by atoms with Crippen LogP contribution in [0.2, 0.25) is 0 Å². The van der Waals surface area contributed by atoms with Crippen molar-refractivity contribution >= 4 is 21.6 Å². The van der Waals surface area contributed by atoms with E-state index in [9.17, 15) is 18.0 Å². The maximum atomic E-state index is 12.6. The standard InChI is InChI=1S/C18H18O5S/c1-12-9-15(16(19)10-13-7-5-4-6-8-13)17(24(3,21)22)11-14(12)18(20)23-2/h4-9,11H,10H2,1-3H3.